The summed E-state index contributed by atoms with van der Waals surface area (Å²) in [5, 5.41) is 13.0. The van der Waals surface area contributed by atoms with Crippen molar-refractivity contribution in [2.24, 2.45) is 5.92 Å². The molecule has 1 heterocycles. The second-order valence-electron chi connectivity index (χ2n) is 12.2. The smallest absolute Gasteiger partial charge is 0.252 e. The molecule has 6 rings (SSSR count). The predicted molar refractivity (Wildman–Crippen MR) is 182 cm³/mol. The van der Waals surface area contributed by atoms with Crippen LogP contribution in [0.3, 0.4) is 0 Å². The third-order valence-corrected chi connectivity index (χ3v) is 8.79. The Morgan fingerprint density at radius 1 is 0.778 bits per heavy atom. The summed E-state index contributed by atoms with van der Waals surface area (Å²) >= 11 is 0. The lowest BCUT2D eigenvalue weighted by Gasteiger charge is -2.29. The van der Waals surface area contributed by atoms with Gasteiger partial charge in [-0.15, -0.1) is 0 Å². The number of aromatic nitrogens is 2. The number of hydrogen-bond acceptors (Lipinski definition) is 6. The number of nitrogens with zero attached hydrogens (tertiary/aromatic N) is 3. The number of para-hydroxylation sites is 1. The number of anilines is 2. The molecule has 1 aliphatic rings. The Labute approximate surface area is 264 Å². The van der Waals surface area contributed by atoms with Gasteiger partial charge in [0.25, 0.3) is 11.8 Å². The molecule has 0 saturated heterocycles. The summed E-state index contributed by atoms with van der Waals surface area (Å²) in [6.07, 6.45) is 3.91. The molecule has 8 heteroatoms. The average Bonchev–Trinajstić information content (AvgIpc) is 3.07. The van der Waals surface area contributed by atoms with Crippen LogP contribution in [0.4, 0.5) is 11.8 Å². The maximum atomic E-state index is 13.4. The highest BCUT2D eigenvalue weighted by atomic mass is 16.2. The molecule has 1 saturated carbocycles. The van der Waals surface area contributed by atoms with E-state index in [0.717, 1.165) is 58.7 Å². The van der Waals surface area contributed by atoms with Crippen LogP contribution in [-0.2, 0) is 0 Å². The van der Waals surface area contributed by atoms with Crippen LogP contribution in [0.15, 0.2) is 91.0 Å². The van der Waals surface area contributed by atoms with Crippen LogP contribution in [0, 0.1) is 5.92 Å². The highest BCUT2D eigenvalue weighted by molar-refractivity contribution is 6.07. The van der Waals surface area contributed by atoms with Gasteiger partial charge in [0, 0.05) is 32.1 Å². The Kier molecular flexibility index (Phi) is 8.91. The summed E-state index contributed by atoms with van der Waals surface area (Å²) in [5.41, 5.74) is 2.73. The van der Waals surface area contributed by atoms with E-state index in [1.165, 1.54) is 0 Å². The molecule has 230 valence electrons. The summed E-state index contributed by atoms with van der Waals surface area (Å²) in [6, 6.07) is 29.4. The fourth-order valence-electron chi connectivity index (χ4n) is 6.35. The topological polar surface area (TPSA) is 99.2 Å². The molecule has 4 aromatic carbocycles. The Morgan fingerprint density at radius 2 is 1.42 bits per heavy atom. The average molecular weight is 601 g/mol. The van der Waals surface area contributed by atoms with Crippen LogP contribution in [0.25, 0.3) is 21.7 Å². The molecule has 1 aliphatic carbocycles. The number of nitrogens with one attached hydrogen (secondary N) is 3. The van der Waals surface area contributed by atoms with E-state index in [2.05, 4.69) is 34.1 Å². The van der Waals surface area contributed by atoms with Gasteiger partial charge in [0.15, 0.2) is 0 Å². The first-order valence-electron chi connectivity index (χ1n) is 15.7. The normalized spacial score (nSPS) is 17.0. The van der Waals surface area contributed by atoms with Crippen molar-refractivity contribution in [3.05, 3.63) is 108 Å². The van der Waals surface area contributed by atoms with E-state index < -0.39 is 0 Å². The van der Waals surface area contributed by atoms with Crippen molar-refractivity contribution in [2.45, 2.75) is 44.7 Å². The Morgan fingerprint density at radius 3 is 2.18 bits per heavy atom. The van der Waals surface area contributed by atoms with Crippen molar-refractivity contribution in [1.82, 2.24) is 20.6 Å². The van der Waals surface area contributed by atoms with E-state index in [4.69, 9.17) is 9.97 Å². The van der Waals surface area contributed by atoms with Crippen molar-refractivity contribution in [3.63, 3.8) is 0 Å². The minimum absolute atomic E-state index is 0.223. The van der Waals surface area contributed by atoms with Gasteiger partial charge in [-0.05, 0) is 79.1 Å². The molecule has 0 radical (unpaired) electrons. The summed E-state index contributed by atoms with van der Waals surface area (Å²) in [5.74, 6) is 1.44. The maximum absolute atomic E-state index is 13.4. The van der Waals surface area contributed by atoms with Crippen LogP contribution in [0.2, 0.25) is 0 Å². The first-order valence-corrected chi connectivity index (χ1v) is 15.7. The third-order valence-electron chi connectivity index (χ3n) is 8.79. The lowest BCUT2D eigenvalue weighted by Crippen LogP contribution is -2.35. The Hall–Kier alpha value is -4.98. The van der Waals surface area contributed by atoms with Crippen LogP contribution in [0.1, 0.15) is 64.9 Å². The van der Waals surface area contributed by atoms with E-state index >= 15 is 0 Å². The van der Waals surface area contributed by atoms with Gasteiger partial charge in [0.05, 0.1) is 22.7 Å². The molecular formula is C37H40N6O2. The Bertz CT molecular complexity index is 1820. The minimum Gasteiger partial charge on any atom is -0.362 e. The summed E-state index contributed by atoms with van der Waals surface area (Å²) < 4.78 is 0. The molecule has 5 aromatic rings. The van der Waals surface area contributed by atoms with Crippen LogP contribution >= 0.6 is 0 Å². The van der Waals surface area contributed by atoms with Crippen LogP contribution < -0.4 is 20.9 Å². The first kappa shape index (κ1) is 30.1. The molecule has 1 atom stereocenters. The quantitative estimate of drug-likeness (QED) is 0.173. The lowest BCUT2D eigenvalue weighted by molar-refractivity contribution is 0.0907. The second kappa shape index (κ2) is 13.3. The van der Waals surface area contributed by atoms with Gasteiger partial charge in [-0.25, -0.2) is 4.98 Å². The van der Waals surface area contributed by atoms with Crippen molar-refractivity contribution < 1.29 is 9.59 Å². The van der Waals surface area contributed by atoms with E-state index in [1.807, 2.05) is 74.4 Å². The standard InChI is InChI=1S/C37H40N6O2/c1-24(28-17-10-12-26-11-4-5-13-29(26)28)39-36(45)31-15-7-6-14-30(31)35(44)38-23-25-19-21-27(22-20-25)40-37-41-33-18-9-8-16-32(33)34(42-37)43(2)3/h4-18,24-25,27H,19-23H2,1-3H3,(H,38,44)(H,39,45)(H,40,41,42)/t24-,25?,27?/m1/s1. The number of carbonyl (C=O) groups is 2. The number of rotatable bonds is 9. The van der Waals surface area contributed by atoms with Crippen molar-refractivity contribution in [1.29, 1.82) is 0 Å². The zero-order valence-corrected chi connectivity index (χ0v) is 26.1. The summed E-state index contributed by atoms with van der Waals surface area (Å²) in [4.78, 5) is 38.3. The minimum atomic E-state index is -0.263. The summed E-state index contributed by atoms with van der Waals surface area (Å²) in [6.45, 7) is 2.55. The molecule has 8 nitrogen and oxygen atoms in total. The first-order chi connectivity index (χ1) is 21.9. The van der Waals surface area contributed by atoms with E-state index in [0.29, 0.717) is 29.5 Å². The SMILES string of the molecule is C[C@@H](NC(=O)c1ccccc1C(=O)NCC1CCC(Nc2nc(N(C)C)c3ccccc3n2)CC1)c1cccc2ccccc12. The van der Waals surface area contributed by atoms with Gasteiger partial charge in [-0.1, -0.05) is 66.7 Å². The van der Waals surface area contributed by atoms with Gasteiger partial charge in [0.2, 0.25) is 5.95 Å². The molecule has 1 aromatic heterocycles. The number of fused-ring (bicyclic) bond motifs is 2. The molecule has 0 bridgehead atoms. The summed E-state index contributed by atoms with van der Waals surface area (Å²) in [7, 11) is 3.99. The van der Waals surface area contributed by atoms with Crippen LogP contribution in [-0.4, -0.2) is 48.5 Å². The van der Waals surface area contributed by atoms with Crippen molar-refractivity contribution >= 4 is 45.3 Å². The van der Waals surface area contributed by atoms with Crippen LogP contribution in [0.5, 0.6) is 0 Å². The third kappa shape index (κ3) is 6.75. The molecule has 2 amide bonds. The van der Waals surface area contributed by atoms with E-state index in [1.54, 1.807) is 24.3 Å². The molecule has 3 N–H and O–H groups in total. The highest BCUT2D eigenvalue weighted by Crippen LogP contribution is 2.29. The zero-order valence-electron chi connectivity index (χ0n) is 26.1. The molecule has 0 unspecified atom stereocenters. The van der Waals surface area contributed by atoms with Gasteiger partial charge in [-0.2, -0.15) is 4.98 Å². The zero-order chi connectivity index (χ0) is 31.3. The second-order valence-corrected chi connectivity index (χ2v) is 12.2. The van der Waals surface area contributed by atoms with Gasteiger partial charge < -0.3 is 20.9 Å². The number of benzene rings is 4. The highest BCUT2D eigenvalue weighted by Gasteiger charge is 2.24. The van der Waals surface area contributed by atoms with Gasteiger partial charge in [-0.3, -0.25) is 9.59 Å². The monoisotopic (exact) mass is 600 g/mol. The van der Waals surface area contributed by atoms with Gasteiger partial charge in [0.1, 0.15) is 5.82 Å². The van der Waals surface area contributed by atoms with Crippen molar-refractivity contribution in [3.8, 4) is 0 Å². The largest absolute Gasteiger partial charge is 0.362 e. The maximum Gasteiger partial charge on any atom is 0.252 e. The van der Waals surface area contributed by atoms with E-state index in [9.17, 15) is 9.59 Å². The lowest BCUT2D eigenvalue weighted by atomic mass is 9.86. The molecule has 45 heavy (non-hydrogen) atoms. The molecule has 1 fully saturated rings. The number of carbonyl (C=O) groups excluding carboxylic acids is 2. The fourth-order valence-corrected chi connectivity index (χ4v) is 6.35. The Balaban J connectivity index is 1.04. The van der Waals surface area contributed by atoms with E-state index in [-0.39, 0.29) is 23.9 Å². The predicted octanol–water partition coefficient (Wildman–Crippen LogP) is 6.74. The van der Waals surface area contributed by atoms with Crippen molar-refractivity contribution in [2.75, 3.05) is 30.9 Å². The molecular weight excluding hydrogens is 560 g/mol. The van der Waals surface area contributed by atoms with Gasteiger partial charge >= 0.3 is 0 Å². The fraction of sp³-hybridized carbons (Fsp3) is 0.297. The molecule has 0 aliphatic heterocycles. The molecule has 0 spiro atoms. The number of amides is 2. The number of hydrogen-bond donors (Lipinski definition) is 3.